The van der Waals surface area contributed by atoms with E-state index in [0.717, 1.165) is 18.4 Å². The molecule has 132 valence electrons. The first kappa shape index (κ1) is 16.3. The normalized spacial score (nSPS) is 47.3. The highest BCUT2D eigenvalue weighted by molar-refractivity contribution is 5.92. The van der Waals surface area contributed by atoms with Crippen molar-refractivity contribution in [2.45, 2.75) is 65.3 Å². The number of carbonyl (C=O) groups excluding carboxylic acids is 1. The van der Waals surface area contributed by atoms with Crippen LogP contribution in [0.25, 0.3) is 0 Å². The average Bonchev–Trinajstić information content (AvgIpc) is 2.91. The molecule has 3 aliphatic carbocycles. The average molecular weight is 332 g/mol. The van der Waals surface area contributed by atoms with E-state index in [9.17, 15) is 15.0 Å². The van der Waals surface area contributed by atoms with E-state index in [2.05, 4.69) is 27.7 Å². The molecule has 0 aromatic carbocycles. The fourth-order valence-corrected chi connectivity index (χ4v) is 6.10. The molecule has 1 heterocycles. The number of aliphatic hydroxyl groups excluding tert-OH is 1. The zero-order chi connectivity index (χ0) is 17.4. The lowest BCUT2D eigenvalue weighted by atomic mass is 9.67. The highest BCUT2D eigenvalue weighted by Gasteiger charge is 2.63. The van der Waals surface area contributed by atoms with Crippen molar-refractivity contribution in [3.05, 3.63) is 22.8 Å². The van der Waals surface area contributed by atoms with Crippen LogP contribution in [0.5, 0.6) is 0 Å². The number of hydrogen-bond donors (Lipinski definition) is 2. The van der Waals surface area contributed by atoms with Gasteiger partial charge in [0, 0.05) is 12.0 Å². The van der Waals surface area contributed by atoms with E-state index in [0.29, 0.717) is 30.3 Å². The Kier molecular flexibility index (Phi) is 3.37. The fraction of sp³-hybridized carbons (Fsp3) is 0.750. The molecule has 24 heavy (non-hydrogen) atoms. The number of aliphatic hydroxyl groups is 2. The molecule has 0 spiro atoms. The van der Waals surface area contributed by atoms with Gasteiger partial charge in [0.15, 0.2) is 0 Å². The summed E-state index contributed by atoms with van der Waals surface area (Å²) < 4.78 is 5.40. The number of esters is 1. The summed E-state index contributed by atoms with van der Waals surface area (Å²) in [4.78, 5) is 12.3. The molecule has 0 amide bonds. The number of rotatable bonds is 1. The van der Waals surface area contributed by atoms with Gasteiger partial charge in [-0.1, -0.05) is 39.3 Å². The van der Waals surface area contributed by atoms with Crippen molar-refractivity contribution in [3.63, 3.8) is 0 Å². The Balaban J connectivity index is 1.85. The van der Waals surface area contributed by atoms with Gasteiger partial charge in [0.2, 0.25) is 5.79 Å². The number of carbonyl (C=O) groups is 1. The van der Waals surface area contributed by atoms with E-state index < -0.39 is 5.79 Å². The van der Waals surface area contributed by atoms with Gasteiger partial charge in [0.05, 0.1) is 12.0 Å². The van der Waals surface area contributed by atoms with Gasteiger partial charge in [-0.25, -0.2) is 4.79 Å². The third-order valence-corrected chi connectivity index (χ3v) is 7.01. The second kappa shape index (κ2) is 4.95. The maximum absolute atomic E-state index is 12.3. The number of allylic oxidation sites excluding steroid dienone is 2. The quantitative estimate of drug-likeness (QED) is 0.572. The molecule has 6 atom stereocenters. The Hall–Kier alpha value is -1.13. The molecular formula is C20H28O4. The van der Waals surface area contributed by atoms with Gasteiger partial charge in [0.1, 0.15) is 0 Å². The summed E-state index contributed by atoms with van der Waals surface area (Å²) in [6.45, 7) is 8.66. The van der Waals surface area contributed by atoms with E-state index in [-0.39, 0.29) is 29.3 Å². The molecule has 4 aliphatic rings. The SMILES string of the molecule is CC(C)C1=C2CC=C3C(=O)O[C@]4(O)C[C@H](C)[C@H](C[C@@]2(C)C[C@@H]1O)[C@H]34. The van der Waals surface area contributed by atoms with Crippen LogP contribution < -0.4 is 0 Å². The molecule has 1 saturated heterocycles. The van der Waals surface area contributed by atoms with E-state index >= 15 is 0 Å². The van der Waals surface area contributed by atoms with Gasteiger partial charge < -0.3 is 14.9 Å². The van der Waals surface area contributed by atoms with Gasteiger partial charge in [0.25, 0.3) is 0 Å². The molecule has 2 N–H and O–H groups in total. The van der Waals surface area contributed by atoms with Crippen molar-refractivity contribution >= 4 is 5.97 Å². The van der Waals surface area contributed by atoms with Crippen LogP contribution in [0.1, 0.15) is 53.4 Å². The summed E-state index contributed by atoms with van der Waals surface area (Å²) in [5, 5.41) is 21.5. The first-order valence-electron chi connectivity index (χ1n) is 9.23. The minimum atomic E-state index is -1.32. The monoisotopic (exact) mass is 332 g/mol. The zero-order valence-electron chi connectivity index (χ0n) is 15.0. The van der Waals surface area contributed by atoms with Crippen molar-refractivity contribution in [1.29, 1.82) is 0 Å². The van der Waals surface area contributed by atoms with Gasteiger partial charge in [-0.05, 0) is 48.0 Å². The van der Waals surface area contributed by atoms with E-state index in [1.165, 1.54) is 5.57 Å². The van der Waals surface area contributed by atoms with Crippen molar-refractivity contribution < 1.29 is 19.7 Å². The van der Waals surface area contributed by atoms with Crippen LogP contribution in [0.3, 0.4) is 0 Å². The van der Waals surface area contributed by atoms with Crippen LogP contribution in [0.2, 0.25) is 0 Å². The third kappa shape index (κ3) is 2.02. The molecular weight excluding hydrogens is 304 g/mol. The molecule has 0 radical (unpaired) electrons. The molecule has 4 heteroatoms. The highest BCUT2D eigenvalue weighted by atomic mass is 16.7. The van der Waals surface area contributed by atoms with Gasteiger partial charge >= 0.3 is 5.97 Å². The standard InChI is InChI=1S/C20H28O4/c1-10(2)16-14-6-5-12-17-13(8-19(14,4)9-15(16)21)11(3)7-20(17,23)24-18(12)22/h5,10-11,13,15,17,21,23H,6-9H2,1-4H3/t11-,13-,15-,17-,19-,20+/m0/s1. The minimum Gasteiger partial charge on any atom is -0.429 e. The number of hydrogen-bond acceptors (Lipinski definition) is 4. The summed E-state index contributed by atoms with van der Waals surface area (Å²) in [5.74, 6) is -1.06. The van der Waals surface area contributed by atoms with Crippen LogP contribution in [0.15, 0.2) is 22.8 Å². The Bertz CT molecular complexity index is 661. The third-order valence-electron chi connectivity index (χ3n) is 7.01. The second-order valence-electron chi connectivity index (χ2n) is 8.99. The van der Waals surface area contributed by atoms with Crippen molar-refractivity contribution in [2.75, 3.05) is 0 Å². The van der Waals surface area contributed by atoms with E-state index in [1.54, 1.807) is 0 Å². The van der Waals surface area contributed by atoms with Crippen LogP contribution in [0.4, 0.5) is 0 Å². The van der Waals surface area contributed by atoms with Gasteiger partial charge in [-0.3, -0.25) is 0 Å². The Morgan fingerprint density at radius 1 is 1.29 bits per heavy atom. The largest absolute Gasteiger partial charge is 0.429 e. The molecule has 0 aromatic heterocycles. The lowest BCUT2D eigenvalue weighted by Crippen LogP contribution is -2.34. The predicted octanol–water partition coefficient (Wildman–Crippen LogP) is 2.95. The van der Waals surface area contributed by atoms with Crippen molar-refractivity contribution in [2.24, 2.45) is 29.1 Å². The van der Waals surface area contributed by atoms with E-state index in [1.807, 2.05) is 6.08 Å². The molecule has 0 aromatic rings. The fourth-order valence-electron chi connectivity index (χ4n) is 6.10. The lowest BCUT2D eigenvalue weighted by Gasteiger charge is -2.36. The smallest absolute Gasteiger partial charge is 0.336 e. The number of ether oxygens (including phenoxy) is 1. The lowest BCUT2D eigenvalue weighted by molar-refractivity contribution is -0.196. The summed E-state index contributed by atoms with van der Waals surface area (Å²) >= 11 is 0. The predicted molar refractivity (Wildman–Crippen MR) is 89.7 cm³/mol. The Morgan fingerprint density at radius 2 is 2.00 bits per heavy atom. The van der Waals surface area contributed by atoms with Crippen LogP contribution in [-0.4, -0.2) is 28.1 Å². The number of fused-ring (bicyclic) bond motifs is 1. The molecule has 1 saturated carbocycles. The van der Waals surface area contributed by atoms with Crippen molar-refractivity contribution in [3.8, 4) is 0 Å². The summed E-state index contributed by atoms with van der Waals surface area (Å²) in [6.07, 6.45) is 4.44. The van der Waals surface area contributed by atoms with Crippen LogP contribution >= 0.6 is 0 Å². The molecule has 0 unspecified atom stereocenters. The van der Waals surface area contributed by atoms with Gasteiger partial charge in [-0.2, -0.15) is 0 Å². The Labute approximate surface area is 143 Å². The van der Waals surface area contributed by atoms with Crippen LogP contribution in [0, 0.1) is 29.1 Å². The molecule has 0 bridgehead atoms. The molecule has 4 rings (SSSR count). The topological polar surface area (TPSA) is 66.8 Å². The zero-order valence-corrected chi connectivity index (χ0v) is 15.0. The maximum Gasteiger partial charge on any atom is 0.336 e. The van der Waals surface area contributed by atoms with Gasteiger partial charge in [-0.15, -0.1) is 0 Å². The maximum atomic E-state index is 12.3. The van der Waals surface area contributed by atoms with E-state index in [4.69, 9.17) is 4.74 Å². The van der Waals surface area contributed by atoms with Crippen molar-refractivity contribution in [1.82, 2.24) is 0 Å². The molecule has 1 aliphatic heterocycles. The summed E-state index contributed by atoms with van der Waals surface area (Å²) in [5.41, 5.74) is 3.06. The second-order valence-corrected chi connectivity index (χ2v) is 8.99. The molecule has 4 nitrogen and oxygen atoms in total. The first-order chi connectivity index (χ1) is 11.2. The Morgan fingerprint density at radius 3 is 2.67 bits per heavy atom. The van der Waals surface area contributed by atoms with Crippen LogP contribution in [-0.2, 0) is 9.53 Å². The highest BCUT2D eigenvalue weighted by Crippen LogP contribution is 2.61. The minimum absolute atomic E-state index is 0.0587. The summed E-state index contributed by atoms with van der Waals surface area (Å²) in [6, 6.07) is 0. The summed E-state index contributed by atoms with van der Waals surface area (Å²) in [7, 11) is 0. The first-order valence-corrected chi connectivity index (χ1v) is 9.23. The molecule has 2 fully saturated rings.